The van der Waals surface area contributed by atoms with Crippen LogP contribution in [0.4, 0.5) is 14.5 Å². The second-order valence-corrected chi connectivity index (χ2v) is 8.97. The molecule has 0 unspecified atom stereocenters. The number of ketones is 1. The van der Waals surface area contributed by atoms with Crippen LogP contribution >= 0.6 is 11.6 Å². The molecule has 0 atom stereocenters. The van der Waals surface area contributed by atoms with Gasteiger partial charge in [-0.25, -0.2) is 8.78 Å². The van der Waals surface area contributed by atoms with Crippen LogP contribution in [0.15, 0.2) is 30.3 Å². The van der Waals surface area contributed by atoms with E-state index >= 15 is 0 Å². The summed E-state index contributed by atoms with van der Waals surface area (Å²) in [6, 6.07) is 6.85. The van der Waals surface area contributed by atoms with Crippen molar-refractivity contribution < 1.29 is 28.3 Å². The highest BCUT2D eigenvalue weighted by atomic mass is 35.5. The van der Waals surface area contributed by atoms with E-state index in [1.807, 2.05) is 0 Å². The van der Waals surface area contributed by atoms with Gasteiger partial charge in [-0.15, -0.1) is 0 Å². The Balaban J connectivity index is 1.52. The lowest BCUT2D eigenvalue weighted by molar-refractivity contribution is -0.138. The van der Waals surface area contributed by atoms with E-state index in [0.29, 0.717) is 36.5 Å². The molecule has 9 heteroatoms. The van der Waals surface area contributed by atoms with Gasteiger partial charge in [0.05, 0.1) is 11.3 Å². The maximum Gasteiger partial charge on any atom is 0.303 e. The lowest BCUT2D eigenvalue weighted by atomic mass is 9.93. The molecule has 6 nitrogen and oxygen atoms in total. The number of amides is 1. The Morgan fingerprint density at radius 2 is 1.82 bits per heavy atom. The van der Waals surface area contributed by atoms with Crippen molar-refractivity contribution in [3.63, 3.8) is 0 Å². The Kier molecular flexibility index (Phi) is 8.61. The minimum absolute atomic E-state index is 0.0201. The third-order valence-corrected chi connectivity index (χ3v) is 6.47. The number of rotatable bonds is 9. The summed E-state index contributed by atoms with van der Waals surface area (Å²) in [7, 11) is 0. The standard InChI is InChI=1S/C25H27ClF2N2O4/c1-15-11-17(4-5-19(15)26)25(34)29-8-2-3-23(31)18-13-21(28)22(14-20(18)27)30-9-6-16(7-10-30)12-24(32)33/h4-5,11,13-14,16H,2-3,6-10,12H2,1H3,(H,29,34)(H,32,33). The van der Waals surface area contributed by atoms with Crippen LogP contribution < -0.4 is 10.2 Å². The zero-order valence-electron chi connectivity index (χ0n) is 18.9. The van der Waals surface area contributed by atoms with Crippen molar-refractivity contribution in [2.24, 2.45) is 5.92 Å². The second-order valence-electron chi connectivity index (χ2n) is 8.56. The molecule has 0 bridgehead atoms. The minimum Gasteiger partial charge on any atom is -0.481 e. The van der Waals surface area contributed by atoms with Gasteiger partial charge < -0.3 is 15.3 Å². The quantitative estimate of drug-likeness (QED) is 0.379. The third-order valence-electron chi connectivity index (χ3n) is 6.04. The lowest BCUT2D eigenvalue weighted by Gasteiger charge is -2.33. The van der Waals surface area contributed by atoms with Crippen LogP contribution in [0.25, 0.3) is 0 Å². The number of hydrogen-bond donors (Lipinski definition) is 2. The summed E-state index contributed by atoms with van der Waals surface area (Å²) < 4.78 is 29.3. The average Bonchev–Trinajstić information content (AvgIpc) is 2.79. The first-order valence-corrected chi connectivity index (χ1v) is 11.6. The van der Waals surface area contributed by atoms with Crippen molar-refractivity contribution in [3.05, 3.63) is 63.7 Å². The number of carboxylic acid groups (broad SMARTS) is 1. The molecule has 2 aromatic carbocycles. The van der Waals surface area contributed by atoms with Crippen LogP contribution in [0, 0.1) is 24.5 Å². The molecule has 2 aromatic rings. The summed E-state index contributed by atoms with van der Waals surface area (Å²) in [5, 5.41) is 12.2. The number of halogens is 3. The van der Waals surface area contributed by atoms with Crippen LogP contribution in [-0.2, 0) is 4.79 Å². The molecule has 1 heterocycles. The number of nitrogens with one attached hydrogen (secondary N) is 1. The molecule has 34 heavy (non-hydrogen) atoms. The van der Waals surface area contributed by atoms with Crippen LogP contribution in [0.1, 0.15) is 58.4 Å². The molecule has 182 valence electrons. The number of aryl methyl sites for hydroxylation is 1. The predicted octanol–water partition coefficient (Wildman–Crippen LogP) is 5.01. The fourth-order valence-corrected chi connectivity index (χ4v) is 4.21. The van der Waals surface area contributed by atoms with Gasteiger partial charge in [-0.1, -0.05) is 11.6 Å². The molecule has 0 saturated carbocycles. The number of aliphatic carboxylic acids is 1. The number of hydrogen-bond acceptors (Lipinski definition) is 4. The van der Waals surface area contributed by atoms with Gasteiger partial charge in [0.15, 0.2) is 5.78 Å². The molecule has 2 N–H and O–H groups in total. The number of benzene rings is 2. The molecule has 1 aliphatic heterocycles. The van der Waals surface area contributed by atoms with E-state index < -0.39 is 23.4 Å². The number of piperidine rings is 1. The zero-order valence-corrected chi connectivity index (χ0v) is 19.6. The van der Waals surface area contributed by atoms with Gasteiger partial charge in [-0.05, 0) is 61.9 Å². The smallest absolute Gasteiger partial charge is 0.303 e. The molecule has 1 aliphatic rings. The van der Waals surface area contributed by atoms with Gasteiger partial charge in [-0.2, -0.15) is 0 Å². The topological polar surface area (TPSA) is 86.7 Å². The molecule has 1 saturated heterocycles. The molecule has 0 aliphatic carbocycles. The van der Waals surface area contributed by atoms with Gasteiger partial charge in [0.1, 0.15) is 11.6 Å². The Morgan fingerprint density at radius 1 is 1.12 bits per heavy atom. The van der Waals surface area contributed by atoms with E-state index in [2.05, 4.69) is 5.32 Å². The number of anilines is 1. The Labute approximate surface area is 201 Å². The molecule has 1 amide bonds. The molecule has 0 aromatic heterocycles. The van der Waals surface area contributed by atoms with Crippen LogP contribution in [0.5, 0.6) is 0 Å². The number of nitrogens with zero attached hydrogens (tertiary/aromatic N) is 1. The maximum atomic E-state index is 14.7. The second kappa shape index (κ2) is 11.4. The van der Waals surface area contributed by atoms with E-state index in [4.69, 9.17) is 16.7 Å². The fourth-order valence-electron chi connectivity index (χ4n) is 4.09. The van der Waals surface area contributed by atoms with Crippen molar-refractivity contribution in [2.45, 2.75) is 39.0 Å². The van der Waals surface area contributed by atoms with Gasteiger partial charge in [0.2, 0.25) is 0 Å². The van der Waals surface area contributed by atoms with Crippen LogP contribution in [0.2, 0.25) is 5.02 Å². The highest BCUT2D eigenvalue weighted by molar-refractivity contribution is 6.31. The monoisotopic (exact) mass is 492 g/mol. The zero-order chi connectivity index (χ0) is 24.8. The van der Waals surface area contributed by atoms with E-state index in [0.717, 1.165) is 17.7 Å². The Morgan fingerprint density at radius 3 is 2.47 bits per heavy atom. The number of Topliss-reactive ketones (excluding diaryl/α,β-unsaturated/α-hetero) is 1. The van der Waals surface area contributed by atoms with Gasteiger partial charge in [0.25, 0.3) is 5.91 Å². The Hall–Kier alpha value is -3.00. The fraction of sp³-hybridized carbons (Fsp3) is 0.400. The van der Waals surface area contributed by atoms with Crippen molar-refractivity contribution in [2.75, 3.05) is 24.5 Å². The first-order chi connectivity index (χ1) is 16.2. The molecular weight excluding hydrogens is 466 g/mol. The summed E-state index contributed by atoms with van der Waals surface area (Å²) in [5.41, 5.74) is 0.981. The largest absolute Gasteiger partial charge is 0.481 e. The summed E-state index contributed by atoms with van der Waals surface area (Å²) in [5.74, 6) is -3.17. The molecular formula is C25H27ClF2N2O4. The van der Waals surface area contributed by atoms with E-state index in [1.165, 1.54) is 0 Å². The lowest BCUT2D eigenvalue weighted by Crippen LogP contribution is -2.35. The SMILES string of the molecule is Cc1cc(C(=O)NCCCC(=O)c2cc(F)c(N3CCC(CC(=O)O)CC3)cc2F)ccc1Cl. The minimum atomic E-state index is -0.863. The molecule has 3 rings (SSSR count). The summed E-state index contributed by atoms with van der Waals surface area (Å²) in [6.45, 7) is 2.85. The third kappa shape index (κ3) is 6.53. The predicted molar refractivity (Wildman–Crippen MR) is 126 cm³/mol. The number of carboxylic acids is 1. The molecule has 0 spiro atoms. The normalized spacial score (nSPS) is 14.2. The van der Waals surface area contributed by atoms with E-state index in [9.17, 15) is 23.2 Å². The van der Waals surface area contributed by atoms with Crippen molar-refractivity contribution in [1.82, 2.24) is 5.32 Å². The van der Waals surface area contributed by atoms with Gasteiger partial charge in [0, 0.05) is 49.1 Å². The van der Waals surface area contributed by atoms with Crippen molar-refractivity contribution in [1.29, 1.82) is 0 Å². The summed E-state index contributed by atoms with van der Waals surface area (Å²) >= 11 is 5.96. The Bertz CT molecular complexity index is 1080. The maximum absolute atomic E-state index is 14.7. The van der Waals surface area contributed by atoms with Gasteiger partial charge >= 0.3 is 5.97 Å². The van der Waals surface area contributed by atoms with E-state index in [-0.39, 0.29) is 48.9 Å². The van der Waals surface area contributed by atoms with Crippen LogP contribution in [0.3, 0.4) is 0 Å². The number of carbonyl (C=O) groups is 3. The molecule has 0 radical (unpaired) electrons. The van der Waals surface area contributed by atoms with Crippen molar-refractivity contribution >= 4 is 34.9 Å². The summed E-state index contributed by atoms with van der Waals surface area (Å²) in [6.07, 6.45) is 1.45. The van der Waals surface area contributed by atoms with Crippen LogP contribution in [-0.4, -0.2) is 42.4 Å². The highest BCUT2D eigenvalue weighted by Crippen LogP contribution is 2.29. The first-order valence-electron chi connectivity index (χ1n) is 11.2. The van der Waals surface area contributed by atoms with Gasteiger partial charge in [-0.3, -0.25) is 14.4 Å². The summed E-state index contributed by atoms with van der Waals surface area (Å²) in [4.78, 5) is 37.2. The highest BCUT2D eigenvalue weighted by Gasteiger charge is 2.25. The number of carbonyl (C=O) groups excluding carboxylic acids is 2. The van der Waals surface area contributed by atoms with E-state index in [1.54, 1.807) is 30.0 Å². The molecule has 1 fully saturated rings. The first kappa shape index (κ1) is 25.6. The van der Waals surface area contributed by atoms with Crippen molar-refractivity contribution in [3.8, 4) is 0 Å². The average molecular weight is 493 g/mol.